The highest BCUT2D eigenvalue weighted by molar-refractivity contribution is 6.30. The van der Waals surface area contributed by atoms with Crippen molar-refractivity contribution in [3.63, 3.8) is 0 Å². The van der Waals surface area contributed by atoms with Crippen molar-refractivity contribution in [3.8, 4) is 0 Å². The summed E-state index contributed by atoms with van der Waals surface area (Å²) >= 11 is 5.90. The molecule has 1 atom stereocenters. The second-order valence-electron chi connectivity index (χ2n) is 7.63. The molecule has 1 aromatic heterocycles. The van der Waals surface area contributed by atoms with Crippen LogP contribution in [0, 0.1) is 5.92 Å². The van der Waals surface area contributed by atoms with E-state index < -0.39 is 11.9 Å². The highest BCUT2D eigenvalue weighted by Crippen LogP contribution is 2.21. The number of nitrogens with one attached hydrogen (secondary N) is 1. The Morgan fingerprint density at radius 1 is 1.09 bits per heavy atom. The third-order valence-electron chi connectivity index (χ3n) is 5.21. The molecule has 1 unspecified atom stereocenters. The Kier molecular flexibility index (Phi) is 6.99. The second-order valence-corrected chi connectivity index (χ2v) is 8.07. The molecule has 1 aliphatic rings. The van der Waals surface area contributed by atoms with Crippen LogP contribution in [0.5, 0.6) is 0 Å². The lowest BCUT2D eigenvalue weighted by Gasteiger charge is -2.31. The molecule has 1 amide bonds. The van der Waals surface area contributed by atoms with Gasteiger partial charge >= 0.3 is 5.97 Å². The van der Waals surface area contributed by atoms with Gasteiger partial charge in [-0.05, 0) is 49.2 Å². The van der Waals surface area contributed by atoms with Crippen LogP contribution in [0.1, 0.15) is 29.0 Å². The zero-order valence-electron chi connectivity index (χ0n) is 17.8. The fourth-order valence-electron chi connectivity index (χ4n) is 3.59. The summed E-state index contributed by atoms with van der Waals surface area (Å²) in [5.41, 5.74) is 7.11. The Bertz CT molecular complexity index is 1130. The van der Waals surface area contributed by atoms with Gasteiger partial charge in [-0.1, -0.05) is 29.8 Å². The molecule has 0 aliphatic carbocycles. The number of carbonyl (C=O) groups is 2. The number of nitrogens with two attached hydrogens (primary N) is 1. The molecule has 0 bridgehead atoms. The molecule has 2 heterocycles. The average molecular weight is 467 g/mol. The summed E-state index contributed by atoms with van der Waals surface area (Å²) in [6.07, 6.45) is 1.35. The number of hydrogen-bond acceptors (Lipinski definition) is 8. The summed E-state index contributed by atoms with van der Waals surface area (Å²) in [6, 6.07) is 16.1. The number of aromatic nitrogens is 3. The van der Waals surface area contributed by atoms with Gasteiger partial charge in [0.25, 0.3) is 5.91 Å². The molecular weight excluding hydrogens is 444 g/mol. The predicted octanol–water partition coefficient (Wildman–Crippen LogP) is 3.45. The number of halogens is 1. The fraction of sp³-hybridized carbons (Fsp3) is 0.261. The summed E-state index contributed by atoms with van der Waals surface area (Å²) in [6.45, 7) is 0.737. The monoisotopic (exact) mass is 466 g/mol. The van der Waals surface area contributed by atoms with Gasteiger partial charge in [-0.25, -0.2) is 0 Å². The highest BCUT2D eigenvalue weighted by Gasteiger charge is 2.30. The van der Waals surface area contributed by atoms with Gasteiger partial charge in [0.05, 0.1) is 5.92 Å². The van der Waals surface area contributed by atoms with Gasteiger partial charge in [0.15, 0.2) is 12.4 Å². The third-order valence-corrected chi connectivity index (χ3v) is 5.46. The Morgan fingerprint density at radius 2 is 1.85 bits per heavy atom. The van der Waals surface area contributed by atoms with Crippen LogP contribution in [-0.4, -0.2) is 44.8 Å². The fourth-order valence-corrected chi connectivity index (χ4v) is 3.72. The first kappa shape index (κ1) is 22.5. The summed E-state index contributed by atoms with van der Waals surface area (Å²) in [5.74, 6) is -0.439. The summed E-state index contributed by atoms with van der Waals surface area (Å²) in [7, 11) is 0. The number of amides is 1. The average Bonchev–Trinajstić information content (AvgIpc) is 2.83. The quantitative estimate of drug-likeness (QED) is 0.529. The van der Waals surface area contributed by atoms with Gasteiger partial charge in [0.2, 0.25) is 11.9 Å². The summed E-state index contributed by atoms with van der Waals surface area (Å²) < 4.78 is 5.45. The molecule has 2 aromatic carbocycles. The van der Waals surface area contributed by atoms with Crippen LogP contribution >= 0.6 is 11.6 Å². The van der Waals surface area contributed by atoms with E-state index in [0.717, 1.165) is 5.69 Å². The van der Waals surface area contributed by atoms with Crippen molar-refractivity contribution in [1.82, 2.24) is 19.9 Å². The molecule has 1 fully saturated rings. The number of rotatable bonds is 6. The van der Waals surface area contributed by atoms with Gasteiger partial charge in [-0.2, -0.15) is 15.0 Å². The first-order valence-electron chi connectivity index (χ1n) is 10.5. The van der Waals surface area contributed by atoms with Crippen LogP contribution in [0.15, 0.2) is 54.6 Å². The molecule has 9 nitrogen and oxygen atoms in total. The molecule has 3 aromatic rings. The standard InChI is InChI=1S/C23H23ClN6O3/c24-17-10-8-15(9-11-17)20(31)30-12-4-5-16(13-30)21(32)33-14-19-27-22(25)29-23(28-19)26-18-6-2-1-3-7-18/h1-3,6-11,16H,4-5,12-14H2,(H3,25,26,27,28,29). The Labute approximate surface area is 196 Å². The van der Waals surface area contributed by atoms with Crippen molar-refractivity contribution < 1.29 is 14.3 Å². The number of hydrogen-bond donors (Lipinski definition) is 2. The third kappa shape index (κ3) is 5.95. The van der Waals surface area contributed by atoms with Crippen molar-refractivity contribution in [2.75, 3.05) is 24.1 Å². The molecule has 33 heavy (non-hydrogen) atoms. The van der Waals surface area contributed by atoms with Crippen LogP contribution in [-0.2, 0) is 16.1 Å². The molecule has 170 valence electrons. The van der Waals surface area contributed by atoms with Crippen LogP contribution in [0.2, 0.25) is 5.02 Å². The minimum atomic E-state index is -0.420. The summed E-state index contributed by atoms with van der Waals surface area (Å²) in [4.78, 5) is 39.5. The van der Waals surface area contributed by atoms with Crippen molar-refractivity contribution in [2.24, 2.45) is 5.92 Å². The van der Waals surface area contributed by atoms with Crippen LogP contribution in [0.3, 0.4) is 0 Å². The van der Waals surface area contributed by atoms with Crippen LogP contribution in [0.4, 0.5) is 17.6 Å². The molecule has 0 spiro atoms. The normalized spacial score (nSPS) is 15.7. The molecule has 0 radical (unpaired) electrons. The number of nitrogen functional groups attached to an aromatic ring is 1. The number of para-hydroxylation sites is 1. The topological polar surface area (TPSA) is 123 Å². The van der Waals surface area contributed by atoms with E-state index in [4.69, 9.17) is 22.1 Å². The Hall–Kier alpha value is -3.72. The van der Waals surface area contributed by atoms with Crippen molar-refractivity contribution in [2.45, 2.75) is 19.4 Å². The van der Waals surface area contributed by atoms with E-state index in [-0.39, 0.29) is 30.2 Å². The van der Waals surface area contributed by atoms with E-state index in [2.05, 4.69) is 20.3 Å². The molecule has 10 heteroatoms. The SMILES string of the molecule is Nc1nc(COC(=O)C2CCCN(C(=O)c3ccc(Cl)cc3)C2)nc(Nc2ccccc2)n1. The van der Waals surface area contributed by atoms with Crippen molar-refractivity contribution >= 4 is 41.1 Å². The number of esters is 1. The first-order valence-corrected chi connectivity index (χ1v) is 10.9. The molecule has 0 saturated carbocycles. The van der Waals surface area contributed by atoms with Crippen molar-refractivity contribution in [1.29, 1.82) is 0 Å². The zero-order valence-corrected chi connectivity index (χ0v) is 18.5. The van der Waals surface area contributed by atoms with Gasteiger partial charge in [0, 0.05) is 29.4 Å². The maximum Gasteiger partial charge on any atom is 0.311 e. The highest BCUT2D eigenvalue weighted by atomic mass is 35.5. The minimum absolute atomic E-state index is 0.0203. The zero-order chi connectivity index (χ0) is 23.2. The maximum absolute atomic E-state index is 12.8. The smallest absolute Gasteiger partial charge is 0.311 e. The van der Waals surface area contributed by atoms with E-state index in [9.17, 15) is 9.59 Å². The van der Waals surface area contributed by atoms with E-state index in [1.54, 1.807) is 29.2 Å². The Balaban J connectivity index is 1.35. The number of anilines is 3. The van der Waals surface area contributed by atoms with Gasteiger partial charge in [0.1, 0.15) is 0 Å². The number of nitrogens with zero attached hydrogens (tertiary/aromatic N) is 4. The van der Waals surface area contributed by atoms with E-state index >= 15 is 0 Å². The molecule has 4 rings (SSSR count). The van der Waals surface area contributed by atoms with Crippen LogP contribution in [0.25, 0.3) is 0 Å². The van der Waals surface area contributed by atoms with Crippen LogP contribution < -0.4 is 11.1 Å². The lowest BCUT2D eigenvalue weighted by atomic mass is 9.97. The molecule has 3 N–H and O–H groups in total. The summed E-state index contributed by atoms with van der Waals surface area (Å²) in [5, 5.41) is 3.60. The van der Waals surface area contributed by atoms with E-state index in [0.29, 0.717) is 36.5 Å². The van der Waals surface area contributed by atoms with Gasteiger partial charge < -0.3 is 20.7 Å². The first-order chi connectivity index (χ1) is 16.0. The van der Waals surface area contributed by atoms with Crippen molar-refractivity contribution in [3.05, 3.63) is 71.0 Å². The van der Waals surface area contributed by atoms with E-state index in [1.807, 2.05) is 30.3 Å². The lowest BCUT2D eigenvalue weighted by Crippen LogP contribution is -2.42. The Morgan fingerprint density at radius 3 is 2.61 bits per heavy atom. The predicted molar refractivity (Wildman–Crippen MR) is 124 cm³/mol. The molecule has 1 aliphatic heterocycles. The number of piperidine rings is 1. The number of benzene rings is 2. The minimum Gasteiger partial charge on any atom is -0.457 e. The second kappa shape index (κ2) is 10.3. The number of carbonyl (C=O) groups excluding carboxylic acids is 2. The van der Waals surface area contributed by atoms with Gasteiger partial charge in [-0.3, -0.25) is 9.59 Å². The molecular formula is C23H23ClN6O3. The lowest BCUT2D eigenvalue weighted by molar-refractivity contribution is -0.151. The largest absolute Gasteiger partial charge is 0.457 e. The number of ether oxygens (including phenoxy) is 1. The maximum atomic E-state index is 12.8. The number of likely N-dealkylation sites (tertiary alicyclic amines) is 1. The van der Waals surface area contributed by atoms with E-state index in [1.165, 1.54) is 0 Å². The van der Waals surface area contributed by atoms with Gasteiger partial charge in [-0.15, -0.1) is 0 Å². The molecule has 1 saturated heterocycles.